The largest absolute Gasteiger partial charge is 0.391 e. The lowest BCUT2D eigenvalue weighted by Crippen LogP contribution is -2.48. The van der Waals surface area contributed by atoms with Gasteiger partial charge in [-0.25, -0.2) is 0 Å². The molecule has 2 aromatic rings. The molecule has 0 aromatic heterocycles. The lowest BCUT2D eigenvalue weighted by Gasteiger charge is -2.36. The average Bonchev–Trinajstić information content (AvgIpc) is 2.62. The van der Waals surface area contributed by atoms with Crippen molar-refractivity contribution in [2.24, 2.45) is 0 Å². The number of halogens is 1. The molecule has 1 saturated heterocycles. The molecule has 0 aliphatic carbocycles. The zero-order valence-corrected chi connectivity index (χ0v) is 15.2. The summed E-state index contributed by atoms with van der Waals surface area (Å²) in [6.07, 6.45) is -0.338. The maximum absolute atomic E-state index is 10.3. The van der Waals surface area contributed by atoms with Gasteiger partial charge in [0.15, 0.2) is 0 Å². The second-order valence-electron chi connectivity index (χ2n) is 6.02. The van der Waals surface area contributed by atoms with Crippen LogP contribution in [0.1, 0.15) is 0 Å². The highest BCUT2D eigenvalue weighted by Crippen LogP contribution is 2.27. The monoisotopic (exact) mass is 362 g/mol. The molecule has 128 valence electrons. The molecule has 0 amide bonds. The molecule has 0 radical (unpaired) electrons. The highest BCUT2D eigenvalue weighted by Gasteiger charge is 2.19. The fourth-order valence-electron chi connectivity index (χ4n) is 2.93. The van der Waals surface area contributed by atoms with Gasteiger partial charge in [0.05, 0.1) is 11.1 Å². The predicted octanol–water partition coefficient (Wildman–Crippen LogP) is 3.62. The number of aliphatic hydroxyl groups excluding tert-OH is 1. The van der Waals surface area contributed by atoms with Crippen molar-refractivity contribution in [3.8, 4) is 0 Å². The Morgan fingerprint density at radius 3 is 2.33 bits per heavy atom. The third-order valence-electron chi connectivity index (χ3n) is 4.23. The summed E-state index contributed by atoms with van der Waals surface area (Å²) in [4.78, 5) is 5.78. The molecule has 0 bridgehead atoms. The van der Waals surface area contributed by atoms with E-state index < -0.39 is 0 Å². The Hall–Kier alpha value is -1.20. The van der Waals surface area contributed by atoms with E-state index >= 15 is 0 Å². The van der Waals surface area contributed by atoms with E-state index in [1.807, 2.05) is 30.3 Å². The molecule has 0 spiro atoms. The highest BCUT2D eigenvalue weighted by molar-refractivity contribution is 7.99. The van der Waals surface area contributed by atoms with Crippen LogP contribution in [0.3, 0.4) is 0 Å². The van der Waals surface area contributed by atoms with Gasteiger partial charge >= 0.3 is 0 Å². The third-order valence-corrected chi connectivity index (χ3v) is 5.89. The Morgan fingerprint density at radius 2 is 1.62 bits per heavy atom. The van der Waals surface area contributed by atoms with E-state index in [-0.39, 0.29) is 6.10 Å². The Morgan fingerprint density at radius 1 is 0.958 bits per heavy atom. The molecule has 1 heterocycles. The van der Waals surface area contributed by atoms with Crippen LogP contribution in [0.25, 0.3) is 0 Å². The van der Waals surface area contributed by atoms with Gasteiger partial charge in [0.25, 0.3) is 0 Å². The maximum atomic E-state index is 10.3. The maximum Gasteiger partial charge on any atom is 0.0760 e. The summed E-state index contributed by atoms with van der Waals surface area (Å²) in [5, 5.41) is 11.1. The zero-order chi connectivity index (χ0) is 16.8. The summed E-state index contributed by atoms with van der Waals surface area (Å²) >= 11 is 7.78. The number of rotatable bonds is 6. The number of aliphatic hydroxyl groups is 1. The second-order valence-corrected chi connectivity index (χ2v) is 7.49. The summed E-state index contributed by atoms with van der Waals surface area (Å²) in [7, 11) is 0. The van der Waals surface area contributed by atoms with Gasteiger partial charge in [-0.2, -0.15) is 0 Å². The number of hydrogen-bond donors (Lipinski definition) is 1. The lowest BCUT2D eigenvalue weighted by atomic mass is 10.2. The van der Waals surface area contributed by atoms with Gasteiger partial charge in [0.2, 0.25) is 0 Å². The average molecular weight is 363 g/mol. The Labute approximate surface area is 153 Å². The van der Waals surface area contributed by atoms with Crippen molar-refractivity contribution in [1.82, 2.24) is 4.90 Å². The van der Waals surface area contributed by atoms with Crippen molar-refractivity contribution < 1.29 is 5.11 Å². The Kier molecular flexibility index (Phi) is 6.44. The van der Waals surface area contributed by atoms with E-state index in [0.717, 1.165) is 42.6 Å². The number of hydrogen-bond acceptors (Lipinski definition) is 4. The van der Waals surface area contributed by atoms with Crippen molar-refractivity contribution in [2.45, 2.75) is 11.0 Å². The van der Waals surface area contributed by atoms with E-state index in [4.69, 9.17) is 11.6 Å². The van der Waals surface area contributed by atoms with Crippen LogP contribution >= 0.6 is 23.4 Å². The molecule has 1 aliphatic heterocycles. The Balaban J connectivity index is 1.42. The topological polar surface area (TPSA) is 26.7 Å². The number of benzene rings is 2. The zero-order valence-electron chi connectivity index (χ0n) is 13.6. The number of thioether (sulfide) groups is 1. The molecule has 24 heavy (non-hydrogen) atoms. The number of para-hydroxylation sites is 1. The smallest absolute Gasteiger partial charge is 0.0760 e. The molecule has 1 atom stereocenters. The van der Waals surface area contributed by atoms with Gasteiger partial charge in [-0.1, -0.05) is 41.9 Å². The van der Waals surface area contributed by atoms with Crippen molar-refractivity contribution in [3.63, 3.8) is 0 Å². The fraction of sp³-hybridized carbons (Fsp3) is 0.368. The van der Waals surface area contributed by atoms with Gasteiger partial charge in [0.1, 0.15) is 0 Å². The number of β-amino-alcohol motifs (C(OH)–C–C–N with tert-alkyl or cyclic N) is 1. The first-order valence-corrected chi connectivity index (χ1v) is 9.66. The molecule has 0 unspecified atom stereocenters. The van der Waals surface area contributed by atoms with E-state index in [2.05, 4.69) is 34.1 Å². The molecule has 0 saturated carbocycles. The van der Waals surface area contributed by atoms with E-state index in [1.165, 1.54) is 5.69 Å². The highest BCUT2D eigenvalue weighted by atomic mass is 35.5. The molecule has 3 rings (SSSR count). The number of anilines is 1. The van der Waals surface area contributed by atoms with Crippen molar-refractivity contribution in [3.05, 3.63) is 59.6 Å². The van der Waals surface area contributed by atoms with Crippen molar-refractivity contribution in [2.75, 3.05) is 43.4 Å². The summed E-state index contributed by atoms with van der Waals surface area (Å²) in [6, 6.07) is 18.3. The van der Waals surface area contributed by atoms with Crippen LogP contribution in [-0.4, -0.2) is 54.6 Å². The Bertz CT molecular complexity index is 632. The van der Waals surface area contributed by atoms with E-state index in [9.17, 15) is 5.11 Å². The second kappa shape index (κ2) is 8.77. The first kappa shape index (κ1) is 17.6. The fourth-order valence-corrected chi connectivity index (χ4v) is 4.08. The minimum absolute atomic E-state index is 0.338. The number of piperazine rings is 1. The molecule has 1 aliphatic rings. The lowest BCUT2D eigenvalue weighted by molar-refractivity contribution is 0.126. The van der Waals surface area contributed by atoms with Crippen LogP contribution < -0.4 is 4.90 Å². The van der Waals surface area contributed by atoms with Crippen LogP contribution in [0.15, 0.2) is 59.5 Å². The third kappa shape index (κ3) is 4.90. The molecule has 1 fully saturated rings. The molecule has 5 heteroatoms. The van der Waals surface area contributed by atoms with Crippen LogP contribution in [0.2, 0.25) is 5.02 Å². The van der Waals surface area contributed by atoms with Crippen LogP contribution in [-0.2, 0) is 0 Å². The first-order valence-electron chi connectivity index (χ1n) is 8.30. The van der Waals surface area contributed by atoms with E-state index in [1.54, 1.807) is 11.8 Å². The van der Waals surface area contributed by atoms with Crippen LogP contribution in [0.5, 0.6) is 0 Å². The standard InChI is InChI=1S/C19H23ClN2OS/c20-18-8-4-5-9-19(18)24-15-17(23)14-21-10-12-22(13-11-21)16-6-2-1-3-7-16/h1-9,17,23H,10-15H2/t17-/m0/s1. The summed E-state index contributed by atoms with van der Waals surface area (Å²) in [6.45, 7) is 4.72. The van der Waals surface area contributed by atoms with Crippen LogP contribution in [0, 0.1) is 0 Å². The molecular weight excluding hydrogens is 340 g/mol. The van der Waals surface area contributed by atoms with Crippen molar-refractivity contribution in [1.29, 1.82) is 0 Å². The summed E-state index contributed by atoms with van der Waals surface area (Å²) < 4.78 is 0. The normalized spacial score (nSPS) is 17.0. The summed E-state index contributed by atoms with van der Waals surface area (Å²) in [5.74, 6) is 0.669. The van der Waals surface area contributed by atoms with Crippen LogP contribution in [0.4, 0.5) is 5.69 Å². The van der Waals surface area contributed by atoms with Gasteiger partial charge in [-0.05, 0) is 24.3 Å². The van der Waals surface area contributed by atoms with Gasteiger partial charge in [0, 0.05) is 49.1 Å². The first-order chi connectivity index (χ1) is 11.7. The van der Waals surface area contributed by atoms with Gasteiger partial charge < -0.3 is 10.0 Å². The molecular formula is C19H23ClN2OS. The SMILES string of the molecule is O[C@H](CSc1ccccc1Cl)CN1CCN(c2ccccc2)CC1. The van der Waals surface area contributed by atoms with Gasteiger partial charge in [-0.3, -0.25) is 4.90 Å². The molecule has 3 nitrogen and oxygen atoms in total. The minimum atomic E-state index is -0.338. The van der Waals surface area contributed by atoms with Crippen molar-refractivity contribution >= 4 is 29.1 Å². The quantitative estimate of drug-likeness (QED) is 0.794. The van der Waals surface area contributed by atoms with E-state index in [0.29, 0.717) is 5.75 Å². The number of nitrogens with zero attached hydrogens (tertiary/aromatic N) is 2. The predicted molar refractivity (Wildman–Crippen MR) is 103 cm³/mol. The molecule has 2 aromatic carbocycles. The summed E-state index contributed by atoms with van der Waals surface area (Å²) in [5.41, 5.74) is 1.28. The molecule has 1 N–H and O–H groups in total. The van der Waals surface area contributed by atoms with Gasteiger partial charge in [-0.15, -0.1) is 11.8 Å². The minimum Gasteiger partial charge on any atom is -0.391 e.